The molecular formula is C28H26N2O3S. The monoisotopic (exact) mass is 470 g/mol. The summed E-state index contributed by atoms with van der Waals surface area (Å²) in [7, 11) is 0. The molecule has 0 aromatic heterocycles. The van der Waals surface area contributed by atoms with Crippen LogP contribution < -0.4 is 14.4 Å². The van der Waals surface area contributed by atoms with Crippen molar-refractivity contribution < 1.29 is 14.3 Å². The lowest BCUT2D eigenvalue weighted by Crippen LogP contribution is -2.29. The predicted octanol–water partition coefficient (Wildman–Crippen LogP) is 5.75. The lowest BCUT2D eigenvalue weighted by atomic mass is 10.1. The Kier molecular flexibility index (Phi) is 7.90. The summed E-state index contributed by atoms with van der Waals surface area (Å²) in [6.07, 6.45) is 2.41. The topological polar surface area (TPSA) is 62.6 Å². The summed E-state index contributed by atoms with van der Waals surface area (Å²) in [6, 6.07) is 25.6. The minimum absolute atomic E-state index is 0.0899. The first-order valence-electron chi connectivity index (χ1n) is 11.3. The third-order valence-electron chi connectivity index (χ3n) is 5.41. The van der Waals surface area contributed by atoms with E-state index < -0.39 is 0 Å². The predicted molar refractivity (Wildman–Crippen MR) is 136 cm³/mol. The SMILES string of the molecule is CCOc1cc(C=C(C#N)C(=O)N2CCc3ccccc32)ccc1OCCSc1ccccc1. The number of ether oxygens (including phenoxy) is 2. The number of benzene rings is 3. The number of rotatable bonds is 9. The summed E-state index contributed by atoms with van der Waals surface area (Å²) >= 11 is 1.73. The second-order valence-corrected chi connectivity index (χ2v) is 8.82. The molecule has 1 aliphatic heterocycles. The summed E-state index contributed by atoms with van der Waals surface area (Å²) in [6.45, 7) is 3.50. The number of hydrogen-bond acceptors (Lipinski definition) is 5. The zero-order valence-corrected chi connectivity index (χ0v) is 19.9. The van der Waals surface area contributed by atoms with E-state index in [1.165, 1.54) is 4.90 Å². The summed E-state index contributed by atoms with van der Waals surface area (Å²) in [5.74, 6) is 1.76. The van der Waals surface area contributed by atoms with Gasteiger partial charge in [0, 0.05) is 22.9 Å². The van der Waals surface area contributed by atoms with Crippen molar-refractivity contribution in [2.75, 3.05) is 30.4 Å². The van der Waals surface area contributed by atoms with Crippen LogP contribution in [0.4, 0.5) is 5.69 Å². The van der Waals surface area contributed by atoms with Crippen LogP contribution in [0.5, 0.6) is 11.5 Å². The molecular weight excluding hydrogens is 444 g/mol. The van der Waals surface area contributed by atoms with Gasteiger partial charge < -0.3 is 14.4 Å². The summed E-state index contributed by atoms with van der Waals surface area (Å²) in [4.78, 5) is 16.0. The molecule has 0 saturated heterocycles. The maximum Gasteiger partial charge on any atom is 0.268 e. The molecule has 0 saturated carbocycles. The van der Waals surface area contributed by atoms with Crippen molar-refractivity contribution in [3.05, 3.63) is 89.5 Å². The molecule has 0 aliphatic carbocycles. The quantitative estimate of drug-likeness (QED) is 0.172. The first-order chi connectivity index (χ1) is 16.7. The van der Waals surface area contributed by atoms with E-state index >= 15 is 0 Å². The largest absolute Gasteiger partial charge is 0.490 e. The first kappa shape index (κ1) is 23.5. The third-order valence-corrected chi connectivity index (χ3v) is 6.39. The second kappa shape index (κ2) is 11.4. The molecule has 0 unspecified atom stereocenters. The maximum atomic E-state index is 13.1. The van der Waals surface area contributed by atoms with Crippen LogP contribution in [0.15, 0.2) is 83.3 Å². The molecule has 0 bridgehead atoms. The van der Waals surface area contributed by atoms with E-state index in [-0.39, 0.29) is 11.5 Å². The zero-order valence-electron chi connectivity index (χ0n) is 19.1. The molecule has 172 valence electrons. The lowest BCUT2D eigenvalue weighted by molar-refractivity contribution is -0.114. The highest BCUT2D eigenvalue weighted by Gasteiger charge is 2.26. The van der Waals surface area contributed by atoms with Crippen molar-refractivity contribution in [1.82, 2.24) is 0 Å². The fourth-order valence-electron chi connectivity index (χ4n) is 3.83. The Balaban J connectivity index is 1.46. The number of amides is 1. The van der Waals surface area contributed by atoms with Crippen LogP contribution in [0.1, 0.15) is 18.1 Å². The average molecular weight is 471 g/mol. The minimum atomic E-state index is -0.288. The van der Waals surface area contributed by atoms with E-state index in [2.05, 4.69) is 18.2 Å². The van der Waals surface area contributed by atoms with Gasteiger partial charge in [-0.3, -0.25) is 4.79 Å². The van der Waals surface area contributed by atoms with E-state index in [4.69, 9.17) is 9.47 Å². The molecule has 5 nitrogen and oxygen atoms in total. The molecule has 0 N–H and O–H groups in total. The highest BCUT2D eigenvalue weighted by molar-refractivity contribution is 7.99. The molecule has 3 aromatic rings. The Morgan fingerprint density at radius 1 is 1.06 bits per heavy atom. The molecule has 0 fully saturated rings. The van der Waals surface area contributed by atoms with Gasteiger partial charge in [0.2, 0.25) is 0 Å². The van der Waals surface area contributed by atoms with Gasteiger partial charge in [0.15, 0.2) is 11.5 Å². The number of fused-ring (bicyclic) bond motifs is 1. The summed E-state index contributed by atoms with van der Waals surface area (Å²) in [5.41, 5.74) is 2.80. The number of para-hydroxylation sites is 1. The Bertz CT molecular complexity index is 1220. The average Bonchev–Trinajstić information content (AvgIpc) is 3.31. The van der Waals surface area contributed by atoms with Crippen molar-refractivity contribution in [3.63, 3.8) is 0 Å². The van der Waals surface area contributed by atoms with Gasteiger partial charge in [-0.25, -0.2) is 0 Å². The van der Waals surface area contributed by atoms with Gasteiger partial charge in [0.25, 0.3) is 5.91 Å². The van der Waals surface area contributed by atoms with E-state index in [9.17, 15) is 10.1 Å². The summed E-state index contributed by atoms with van der Waals surface area (Å²) < 4.78 is 11.7. The fourth-order valence-corrected chi connectivity index (χ4v) is 4.58. The van der Waals surface area contributed by atoms with Crippen molar-refractivity contribution in [2.24, 2.45) is 0 Å². The normalized spacial score (nSPS) is 12.7. The summed E-state index contributed by atoms with van der Waals surface area (Å²) in [5, 5.41) is 9.71. The molecule has 34 heavy (non-hydrogen) atoms. The van der Waals surface area contributed by atoms with Crippen LogP contribution >= 0.6 is 11.8 Å². The van der Waals surface area contributed by atoms with E-state index in [0.29, 0.717) is 36.8 Å². The molecule has 1 amide bonds. The Labute approximate surface area is 204 Å². The van der Waals surface area contributed by atoms with Crippen LogP contribution in [0.2, 0.25) is 0 Å². The van der Waals surface area contributed by atoms with Crippen molar-refractivity contribution in [3.8, 4) is 17.6 Å². The minimum Gasteiger partial charge on any atom is -0.490 e. The first-order valence-corrected chi connectivity index (χ1v) is 12.3. The number of nitriles is 1. The van der Waals surface area contributed by atoms with Crippen molar-refractivity contribution >= 4 is 29.4 Å². The van der Waals surface area contributed by atoms with E-state index in [1.807, 2.05) is 67.6 Å². The van der Waals surface area contributed by atoms with Gasteiger partial charge in [0.05, 0.1) is 13.2 Å². The number of carbonyl (C=O) groups excluding carboxylic acids is 1. The highest BCUT2D eigenvalue weighted by atomic mass is 32.2. The van der Waals surface area contributed by atoms with Crippen molar-refractivity contribution in [2.45, 2.75) is 18.2 Å². The van der Waals surface area contributed by atoms with Crippen LogP contribution in [-0.2, 0) is 11.2 Å². The Morgan fingerprint density at radius 2 is 1.85 bits per heavy atom. The van der Waals surface area contributed by atoms with Crippen molar-refractivity contribution in [1.29, 1.82) is 5.26 Å². The van der Waals surface area contributed by atoms with Gasteiger partial charge in [-0.05, 0) is 60.9 Å². The molecule has 0 spiro atoms. The molecule has 3 aromatic carbocycles. The third kappa shape index (κ3) is 5.62. The maximum absolute atomic E-state index is 13.1. The lowest BCUT2D eigenvalue weighted by Gasteiger charge is -2.17. The van der Waals surface area contributed by atoms with Gasteiger partial charge in [-0.1, -0.05) is 42.5 Å². The zero-order chi connectivity index (χ0) is 23.8. The van der Waals surface area contributed by atoms with Gasteiger partial charge in [-0.15, -0.1) is 11.8 Å². The van der Waals surface area contributed by atoms with Crippen LogP contribution in [0.25, 0.3) is 6.08 Å². The number of nitrogens with zero attached hydrogens (tertiary/aromatic N) is 2. The number of carbonyl (C=O) groups is 1. The van der Waals surface area contributed by atoms with Gasteiger partial charge in [-0.2, -0.15) is 5.26 Å². The molecule has 1 aliphatic rings. The second-order valence-electron chi connectivity index (χ2n) is 7.65. The molecule has 6 heteroatoms. The van der Waals surface area contributed by atoms with Gasteiger partial charge >= 0.3 is 0 Å². The fraction of sp³-hybridized carbons (Fsp3) is 0.214. The standard InChI is InChI=1S/C28H26N2O3S/c1-2-32-27-19-21(12-13-26(27)33-16-17-34-24-9-4-3-5-10-24)18-23(20-29)28(31)30-15-14-22-8-6-7-11-25(22)30/h3-13,18-19H,2,14-17H2,1H3. The van der Waals surface area contributed by atoms with Gasteiger partial charge in [0.1, 0.15) is 11.6 Å². The smallest absolute Gasteiger partial charge is 0.268 e. The molecule has 0 atom stereocenters. The van der Waals surface area contributed by atoms with Crippen LogP contribution in [-0.4, -0.2) is 31.4 Å². The number of anilines is 1. The Morgan fingerprint density at radius 3 is 2.65 bits per heavy atom. The molecule has 1 heterocycles. The Hall–Kier alpha value is -3.69. The molecule has 4 rings (SSSR count). The van der Waals surface area contributed by atoms with Crippen LogP contribution in [0.3, 0.4) is 0 Å². The number of hydrogen-bond donors (Lipinski definition) is 0. The highest BCUT2D eigenvalue weighted by Crippen LogP contribution is 2.31. The van der Waals surface area contributed by atoms with E-state index in [1.54, 1.807) is 22.7 Å². The number of thioether (sulfide) groups is 1. The van der Waals surface area contributed by atoms with Crippen LogP contribution in [0, 0.1) is 11.3 Å². The van der Waals surface area contributed by atoms with E-state index in [0.717, 1.165) is 23.4 Å². The molecule has 0 radical (unpaired) electrons.